The average molecular weight is 308 g/mol. The number of methoxy groups -OCH3 is 1. The number of rotatable bonds is 3. The lowest BCUT2D eigenvalue weighted by Gasteiger charge is -2.25. The third-order valence-corrected chi connectivity index (χ3v) is 6.33. The van der Waals surface area contributed by atoms with Crippen molar-refractivity contribution in [2.45, 2.75) is 57.5 Å². The molecule has 0 radical (unpaired) electrons. The van der Waals surface area contributed by atoms with Crippen LogP contribution in [0.4, 0.5) is 0 Å². The minimum Gasteiger partial charge on any atom is -0.469 e. The van der Waals surface area contributed by atoms with E-state index >= 15 is 0 Å². The van der Waals surface area contributed by atoms with Gasteiger partial charge in [-0.1, -0.05) is 19.3 Å². The summed E-state index contributed by atoms with van der Waals surface area (Å²) in [5.41, 5.74) is 1.26. The van der Waals surface area contributed by atoms with E-state index in [4.69, 9.17) is 4.74 Å². The Morgan fingerprint density at radius 1 is 1.33 bits per heavy atom. The Morgan fingerprint density at radius 3 is 2.81 bits per heavy atom. The maximum absolute atomic E-state index is 11.7. The first kappa shape index (κ1) is 15.0. The summed E-state index contributed by atoms with van der Waals surface area (Å²) in [5.74, 6) is 0.327. The Kier molecular flexibility index (Phi) is 4.65. The molecule has 3 nitrogen and oxygen atoms in total. The summed E-state index contributed by atoms with van der Waals surface area (Å²) in [5, 5.41) is 10.6. The van der Waals surface area contributed by atoms with Gasteiger partial charge < -0.3 is 9.84 Å². The highest BCUT2D eigenvalue weighted by Crippen LogP contribution is 2.40. The predicted octanol–water partition coefficient (Wildman–Crippen LogP) is 3.64. The second-order valence-corrected chi connectivity index (χ2v) is 7.57. The third kappa shape index (κ3) is 3.16. The first-order chi connectivity index (χ1) is 10.2. The molecule has 0 aromatic carbocycles. The second-order valence-electron chi connectivity index (χ2n) is 6.40. The van der Waals surface area contributed by atoms with Crippen LogP contribution in [0, 0.1) is 11.8 Å². The highest BCUT2D eigenvalue weighted by atomic mass is 32.1. The monoisotopic (exact) mass is 308 g/mol. The molecule has 0 saturated heterocycles. The van der Waals surface area contributed by atoms with Crippen LogP contribution in [0.15, 0.2) is 6.07 Å². The molecule has 3 rings (SSSR count). The summed E-state index contributed by atoms with van der Waals surface area (Å²) in [4.78, 5) is 14.2. The van der Waals surface area contributed by atoms with Crippen LogP contribution in [0.25, 0.3) is 0 Å². The van der Waals surface area contributed by atoms with Crippen molar-refractivity contribution in [2.24, 2.45) is 11.8 Å². The van der Waals surface area contributed by atoms with Crippen molar-refractivity contribution in [1.82, 2.24) is 0 Å². The maximum atomic E-state index is 11.7. The first-order valence-corrected chi connectivity index (χ1v) is 8.88. The molecule has 2 unspecified atom stereocenters. The lowest BCUT2D eigenvalue weighted by Crippen LogP contribution is -2.22. The predicted molar refractivity (Wildman–Crippen MR) is 83.4 cm³/mol. The van der Waals surface area contributed by atoms with E-state index in [1.165, 1.54) is 36.8 Å². The average Bonchev–Trinajstić information content (AvgIpc) is 2.97. The Morgan fingerprint density at radius 2 is 2.10 bits per heavy atom. The molecule has 21 heavy (non-hydrogen) atoms. The number of aliphatic hydroxyl groups excluding tert-OH is 1. The molecular formula is C17H24O3S. The number of hydrogen-bond donors (Lipinski definition) is 1. The molecule has 0 amide bonds. The van der Waals surface area contributed by atoms with Gasteiger partial charge in [0.25, 0.3) is 0 Å². The number of fused-ring (bicyclic) bond motifs is 1. The summed E-state index contributed by atoms with van der Waals surface area (Å²) in [6, 6.07) is 2.15. The van der Waals surface area contributed by atoms with Crippen molar-refractivity contribution in [2.75, 3.05) is 7.11 Å². The largest absolute Gasteiger partial charge is 0.469 e. The smallest absolute Gasteiger partial charge is 0.309 e. The van der Waals surface area contributed by atoms with E-state index in [9.17, 15) is 9.90 Å². The summed E-state index contributed by atoms with van der Waals surface area (Å²) in [6.45, 7) is 0. The number of aliphatic hydroxyl groups is 1. The molecule has 1 aromatic heterocycles. The minimum atomic E-state index is -0.308. The highest BCUT2D eigenvalue weighted by molar-refractivity contribution is 7.12. The molecule has 0 aliphatic heterocycles. The van der Waals surface area contributed by atoms with Gasteiger partial charge in [-0.15, -0.1) is 11.3 Å². The van der Waals surface area contributed by atoms with E-state index in [1.54, 1.807) is 11.3 Å². The van der Waals surface area contributed by atoms with Crippen molar-refractivity contribution in [3.8, 4) is 0 Å². The molecule has 1 fully saturated rings. The second kappa shape index (κ2) is 6.49. The van der Waals surface area contributed by atoms with Crippen LogP contribution in [-0.2, 0) is 22.4 Å². The number of thiophene rings is 1. The van der Waals surface area contributed by atoms with E-state index in [1.807, 2.05) is 0 Å². The Labute approximate surface area is 130 Å². The van der Waals surface area contributed by atoms with Crippen LogP contribution in [0.3, 0.4) is 0 Å². The van der Waals surface area contributed by atoms with Gasteiger partial charge in [0.2, 0.25) is 0 Å². The third-order valence-electron chi connectivity index (χ3n) is 5.02. The van der Waals surface area contributed by atoms with Crippen LogP contribution in [0.2, 0.25) is 0 Å². The molecule has 4 heteroatoms. The summed E-state index contributed by atoms with van der Waals surface area (Å²) < 4.78 is 4.87. The van der Waals surface area contributed by atoms with Crippen molar-refractivity contribution in [1.29, 1.82) is 0 Å². The molecule has 2 aliphatic rings. The number of carbonyl (C=O) groups is 1. The van der Waals surface area contributed by atoms with Gasteiger partial charge in [0.05, 0.1) is 19.1 Å². The number of carbonyl (C=O) groups excluding carboxylic acids is 1. The van der Waals surface area contributed by atoms with Gasteiger partial charge in [-0.05, 0) is 49.7 Å². The lowest BCUT2D eigenvalue weighted by atomic mass is 9.84. The maximum Gasteiger partial charge on any atom is 0.309 e. The first-order valence-electron chi connectivity index (χ1n) is 8.06. The topological polar surface area (TPSA) is 46.5 Å². The zero-order chi connectivity index (χ0) is 14.8. The number of hydrogen-bond acceptors (Lipinski definition) is 4. The molecule has 1 heterocycles. The van der Waals surface area contributed by atoms with E-state index < -0.39 is 0 Å². The van der Waals surface area contributed by atoms with Gasteiger partial charge in [0.1, 0.15) is 0 Å². The number of aryl methyl sites for hydroxylation is 1. The quantitative estimate of drug-likeness (QED) is 0.867. The van der Waals surface area contributed by atoms with Crippen LogP contribution in [-0.4, -0.2) is 18.2 Å². The molecule has 2 aliphatic carbocycles. The fourth-order valence-corrected chi connectivity index (χ4v) is 5.03. The van der Waals surface area contributed by atoms with Gasteiger partial charge in [0.15, 0.2) is 0 Å². The number of esters is 1. The van der Waals surface area contributed by atoms with E-state index in [-0.39, 0.29) is 18.0 Å². The summed E-state index contributed by atoms with van der Waals surface area (Å²) >= 11 is 1.76. The molecular weight excluding hydrogens is 284 g/mol. The van der Waals surface area contributed by atoms with Gasteiger partial charge in [-0.3, -0.25) is 4.79 Å². The molecule has 1 saturated carbocycles. The number of ether oxygens (including phenoxy) is 1. The van der Waals surface area contributed by atoms with Crippen LogP contribution >= 0.6 is 11.3 Å². The summed E-state index contributed by atoms with van der Waals surface area (Å²) in [6.07, 6.45) is 8.38. The highest BCUT2D eigenvalue weighted by Gasteiger charge is 2.30. The van der Waals surface area contributed by atoms with Crippen molar-refractivity contribution < 1.29 is 14.6 Å². The van der Waals surface area contributed by atoms with Crippen LogP contribution in [0.5, 0.6) is 0 Å². The minimum absolute atomic E-state index is 0.00299. The van der Waals surface area contributed by atoms with Crippen LogP contribution in [0.1, 0.15) is 59.9 Å². The molecule has 116 valence electrons. The molecule has 2 atom stereocenters. The van der Waals surface area contributed by atoms with Crippen LogP contribution < -0.4 is 0 Å². The van der Waals surface area contributed by atoms with Gasteiger partial charge in [-0.25, -0.2) is 0 Å². The van der Waals surface area contributed by atoms with E-state index in [0.717, 1.165) is 37.0 Å². The SMILES string of the molecule is COC(=O)C1CCc2sc(C(O)C3CCCCC3)cc2C1. The van der Waals surface area contributed by atoms with E-state index in [2.05, 4.69) is 6.07 Å². The molecule has 0 bridgehead atoms. The molecule has 1 aromatic rings. The van der Waals surface area contributed by atoms with Crippen molar-refractivity contribution >= 4 is 17.3 Å². The van der Waals surface area contributed by atoms with E-state index in [0.29, 0.717) is 5.92 Å². The Hall–Kier alpha value is -0.870. The van der Waals surface area contributed by atoms with Crippen molar-refractivity contribution in [3.63, 3.8) is 0 Å². The normalized spacial score (nSPS) is 24.4. The van der Waals surface area contributed by atoms with Gasteiger partial charge in [0, 0.05) is 9.75 Å². The Balaban J connectivity index is 1.72. The zero-order valence-electron chi connectivity index (χ0n) is 12.6. The van der Waals surface area contributed by atoms with Crippen molar-refractivity contribution in [3.05, 3.63) is 21.4 Å². The Bertz CT molecular complexity index is 502. The zero-order valence-corrected chi connectivity index (χ0v) is 13.5. The van der Waals surface area contributed by atoms with Gasteiger partial charge >= 0.3 is 5.97 Å². The molecule has 0 spiro atoms. The lowest BCUT2D eigenvalue weighted by molar-refractivity contribution is -0.145. The fourth-order valence-electron chi connectivity index (χ4n) is 3.74. The standard InChI is InChI=1S/C17H24O3S/c1-20-17(19)12-7-8-14-13(9-12)10-15(21-14)16(18)11-5-3-2-4-6-11/h10-12,16,18H,2-9H2,1H3. The van der Waals surface area contributed by atoms with Gasteiger partial charge in [-0.2, -0.15) is 0 Å². The summed E-state index contributed by atoms with van der Waals surface area (Å²) in [7, 11) is 1.46. The molecule has 1 N–H and O–H groups in total. The fraction of sp³-hybridized carbons (Fsp3) is 0.706.